The largest absolute Gasteiger partial charge is 0.618 e. The summed E-state index contributed by atoms with van der Waals surface area (Å²) in [5, 5.41) is 32.6. The van der Waals surface area contributed by atoms with Crippen molar-refractivity contribution >= 4 is 17.5 Å². The van der Waals surface area contributed by atoms with Crippen LogP contribution < -0.4 is 10.5 Å². The molecule has 0 radical (unpaired) electrons. The number of pyridine rings is 1. The Labute approximate surface area is 255 Å². The van der Waals surface area contributed by atoms with Crippen LogP contribution in [0.25, 0.3) is 27.9 Å². The van der Waals surface area contributed by atoms with Crippen LogP contribution >= 0.6 is 11.6 Å². The summed E-state index contributed by atoms with van der Waals surface area (Å²) >= 11 is 6.06. The molecule has 0 saturated heterocycles. The van der Waals surface area contributed by atoms with Crippen molar-refractivity contribution in [1.29, 1.82) is 0 Å². The molecule has 4 aromatic heterocycles. The summed E-state index contributed by atoms with van der Waals surface area (Å²) < 4.78 is 59.9. The topological polar surface area (TPSA) is 149 Å². The van der Waals surface area contributed by atoms with Crippen LogP contribution in [0, 0.1) is 16.8 Å². The fourth-order valence-corrected chi connectivity index (χ4v) is 5.01. The molecule has 0 unspecified atom stereocenters. The van der Waals surface area contributed by atoms with Gasteiger partial charge in [-0.05, 0) is 52.4 Å². The van der Waals surface area contributed by atoms with E-state index >= 15 is 4.39 Å². The molecule has 0 aliphatic rings. The number of amides is 1. The van der Waals surface area contributed by atoms with Crippen molar-refractivity contribution in [2.75, 3.05) is 0 Å². The number of carbonyl (C=O) groups is 1. The Balaban J connectivity index is 1.42. The van der Waals surface area contributed by atoms with Gasteiger partial charge in [0.05, 0.1) is 39.3 Å². The molecule has 2 aromatic carbocycles. The summed E-state index contributed by atoms with van der Waals surface area (Å²) in [6, 6.07) is 10.0. The second kappa shape index (κ2) is 11.8. The zero-order valence-corrected chi connectivity index (χ0v) is 23.4. The van der Waals surface area contributed by atoms with Crippen molar-refractivity contribution in [3.63, 3.8) is 0 Å². The van der Waals surface area contributed by atoms with E-state index in [0.29, 0.717) is 20.5 Å². The van der Waals surface area contributed by atoms with Crippen molar-refractivity contribution in [1.82, 2.24) is 39.8 Å². The minimum Gasteiger partial charge on any atom is -0.618 e. The van der Waals surface area contributed by atoms with Crippen LogP contribution in [0.5, 0.6) is 0 Å². The van der Waals surface area contributed by atoms with Gasteiger partial charge in [0.15, 0.2) is 12.0 Å². The summed E-state index contributed by atoms with van der Waals surface area (Å²) in [6.07, 6.45) is 6.36. The fraction of sp³-hybridized carbons (Fsp3) is 0.107. The summed E-state index contributed by atoms with van der Waals surface area (Å²) in [6.45, 7) is -2.88. The summed E-state index contributed by atoms with van der Waals surface area (Å²) in [4.78, 5) is 11.4. The van der Waals surface area contributed by atoms with Gasteiger partial charge in [-0.2, -0.15) is 28.4 Å². The lowest BCUT2D eigenvalue weighted by Gasteiger charge is -2.18. The van der Waals surface area contributed by atoms with E-state index in [1.165, 1.54) is 70.5 Å². The Kier molecular flexibility index (Phi) is 7.72. The quantitative estimate of drug-likeness (QED) is 0.141. The number of alkyl halides is 2. The van der Waals surface area contributed by atoms with Gasteiger partial charge in [-0.3, -0.25) is 9.48 Å². The SMILES string of the molecule is NC(=O)c1ccc(-c2cnn([C@@H](Cc3ccn(C(F)F)n3)c3ccc(-c4c(-n5cnnn5)ccc(Cl)c4F)c[n+]3[O-])c2)cc1F. The van der Waals surface area contributed by atoms with E-state index in [0.717, 1.165) is 18.5 Å². The molecular weight excluding hydrogens is 620 g/mol. The van der Waals surface area contributed by atoms with Crippen molar-refractivity contribution in [2.45, 2.75) is 19.0 Å². The smallest absolute Gasteiger partial charge is 0.333 e. The number of benzene rings is 2. The number of halogens is 5. The lowest BCUT2D eigenvalue weighted by atomic mass is 10.0. The van der Waals surface area contributed by atoms with Gasteiger partial charge in [0.2, 0.25) is 5.69 Å². The Morgan fingerprint density at radius 1 is 1.04 bits per heavy atom. The average molecular weight is 639 g/mol. The van der Waals surface area contributed by atoms with Crippen LogP contribution in [-0.2, 0) is 6.42 Å². The minimum absolute atomic E-state index is 0.0408. The standard InChI is InChI=1S/C28H19ClF4N10O2/c29-20-4-6-23(42-14-35-38-39-42)25(26(20)31)16-2-5-22(43(45)13-16)24(10-18-7-8-40(37-18)28(32)33)41-12-17(11-36-41)15-1-3-19(27(34)44)21(30)9-15/h1-9,11-14,24,28H,10H2,(H2,34,44)/t24-/m0/s1. The first-order valence-electron chi connectivity index (χ1n) is 13.0. The first-order chi connectivity index (χ1) is 21.6. The number of nitrogens with two attached hydrogens (primary N) is 1. The molecule has 228 valence electrons. The van der Waals surface area contributed by atoms with E-state index in [-0.39, 0.29) is 45.2 Å². The highest BCUT2D eigenvalue weighted by Crippen LogP contribution is 2.34. The molecule has 6 rings (SSSR count). The molecule has 45 heavy (non-hydrogen) atoms. The molecule has 0 aliphatic heterocycles. The Bertz CT molecular complexity index is 2030. The first-order valence-corrected chi connectivity index (χ1v) is 13.4. The number of primary amides is 1. The zero-order chi connectivity index (χ0) is 31.8. The monoisotopic (exact) mass is 638 g/mol. The van der Waals surface area contributed by atoms with E-state index in [1.807, 2.05) is 0 Å². The third kappa shape index (κ3) is 5.70. The third-order valence-corrected chi connectivity index (χ3v) is 7.29. The van der Waals surface area contributed by atoms with Crippen molar-refractivity contribution in [3.05, 3.63) is 118 Å². The maximum absolute atomic E-state index is 15.3. The van der Waals surface area contributed by atoms with Crippen LogP contribution in [0.15, 0.2) is 79.6 Å². The maximum Gasteiger partial charge on any atom is 0.333 e. The van der Waals surface area contributed by atoms with Crippen LogP contribution in [-0.4, -0.2) is 45.7 Å². The molecule has 4 heterocycles. The van der Waals surface area contributed by atoms with Gasteiger partial charge in [0.25, 0.3) is 5.91 Å². The summed E-state index contributed by atoms with van der Waals surface area (Å²) in [7, 11) is 0. The normalized spacial score (nSPS) is 12.1. The number of nitrogens with zero attached hydrogens (tertiary/aromatic N) is 9. The molecule has 0 fully saturated rings. The second-order valence-corrected chi connectivity index (χ2v) is 10.1. The number of aromatic nitrogens is 9. The fourth-order valence-electron chi connectivity index (χ4n) is 4.85. The van der Waals surface area contributed by atoms with Gasteiger partial charge < -0.3 is 10.9 Å². The number of rotatable bonds is 9. The first kappa shape index (κ1) is 29.4. The van der Waals surface area contributed by atoms with Crippen molar-refractivity contribution in [3.8, 4) is 27.9 Å². The highest BCUT2D eigenvalue weighted by Gasteiger charge is 2.27. The van der Waals surface area contributed by atoms with E-state index in [1.54, 1.807) is 0 Å². The van der Waals surface area contributed by atoms with Gasteiger partial charge in [-0.25, -0.2) is 13.5 Å². The number of carbonyl (C=O) groups excluding carboxylic acids is 1. The van der Waals surface area contributed by atoms with E-state index in [2.05, 4.69) is 25.7 Å². The molecule has 6 aromatic rings. The van der Waals surface area contributed by atoms with Crippen LogP contribution in [0.2, 0.25) is 5.02 Å². The van der Waals surface area contributed by atoms with Gasteiger partial charge in [-0.1, -0.05) is 17.7 Å². The summed E-state index contributed by atoms with van der Waals surface area (Å²) in [5.41, 5.74) is 6.34. The van der Waals surface area contributed by atoms with Crippen molar-refractivity contribution < 1.29 is 27.1 Å². The highest BCUT2D eigenvalue weighted by atomic mass is 35.5. The van der Waals surface area contributed by atoms with Gasteiger partial charge in [0, 0.05) is 30.4 Å². The molecule has 17 heteroatoms. The molecule has 2 N–H and O–H groups in total. The van der Waals surface area contributed by atoms with E-state index < -0.39 is 30.1 Å². The molecular formula is C28H19ClF4N10O2. The molecule has 1 amide bonds. The number of tetrazole rings is 1. The lowest BCUT2D eigenvalue weighted by Crippen LogP contribution is -2.36. The average Bonchev–Trinajstić information content (AvgIpc) is 3.80. The van der Waals surface area contributed by atoms with Crippen LogP contribution in [0.3, 0.4) is 0 Å². The predicted octanol–water partition coefficient (Wildman–Crippen LogP) is 4.28. The summed E-state index contributed by atoms with van der Waals surface area (Å²) in [5.74, 6) is -2.56. The maximum atomic E-state index is 15.3. The van der Waals surface area contributed by atoms with Crippen LogP contribution in [0.4, 0.5) is 17.6 Å². The lowest BCUT2D eigenvalue weighted by molar-refractivity contribution is -0.615. The van der Waals surface area contributed by atoms with Gasteiger partial charge >= 0.3 is 6.55 Å². The molecule has 0 aliphatic carbocycles. The zero-order valence-electron chi connectivity index (χ0n) is 22.7. The number of hydrogen-bond donors (Lipinski definition) is 1. The van der Waals surface area contributed by atoms with Crippen molar-refractivity contribution in [2.24, 2.45) is 5.73 Å². The molecule has 12 nitrogen and oxygen atoms in total. The third-order valence-electron chi connectivity index (χ3n) is 7.00. The van der Waals surface area contributed by atoms with Crippen LogP contribution in [0.1, 0.15) is 34.3 Å². The Hall–Kier alpha value is -5.64. The van der Waals surface area contributed by atoms with E-state index in [4.69, 9.17) is 17.3 Å². The molecule has 0 bridgehead atoms. The Morgan fingerprint density at radius 3 is 2.51 bits per heavy atom. The molecule has 0 saturated carbocycles. The number of hydrogen-bond acceptors (Lipinski definition) is 7. The highest BCUT2D eigenvalue weighted by molar-refractivity contribution is 6.31. The van der Waals surface area contributed by atoms with Gasteiger partial charge in [0.1, 0.15) is 18.2 Å². The Morgan fingerprint density at radius 2 is 1.84 bits per heavy atom. The minimum atomic E-state index is -2.88. The second-order valence-electron chi connectivity index (χ2n) is 9.73. The predicted molar refractivity (Wildman–Crippen MR) is 150 cm³/mol. The van der Waals surface area contributed by atoms with E-state index in [9.17, 15) is 23.2 Å². The molecule has 1 atom stereocenters. The molecule has 0 spiro atoms. The van der Waals surface area contributed by atoms with Gasteiger partial charge in [-0.15, -0.1) is 5.10 Å².